The topological polar surface area (TPSA) is 105 Å². The Morgan fingerprint density at radius 1 is 0.222 bits per heavy atom. The molecule has 0 aliphatic carbocycles. The predicted molar refractivity (Wildman–Crippen MR) is 116 cm³/mol. The molecular formula is C15H69N3. The zero-order chi connectivity index (χ0) is 6.00. The van der Waals surface area contributed by atoms with E-state index in [-0.39, 0.29) is 111 Å². The lowest BCUT2D eigenvalue weighted by molar-refractivity contribution is 2.13. The second-order valence-corrected chi connectivity index (χ2v) is 0. The third-order valence-corrected chi connectivity index (χ3v) is 0. The molecule has 0 fully saturated rings. The first-order valence-electron chi connectivity index (χ1n) is 1.73. The lowest BCUT2D eigenvalue weighted by atomic mass is 12.0. The summed E-state index contributed by atoms with van der Waals surface area (Å²) in [6.07, 6.45) is 11.2. The van der Waals surface area contributed by atoms with E-state index in [1.54, 1.807) is 0 Å². The Morgan fingerprint density at radius 3 is 0.222 bits per heavy atom. The van der Waals surface area contributed by atoms with E-state index in [2.05, 4.69) is 18.4 Å². The third kappa shape index (κ3) is 244000. The third-order valence-electron chi connectivity index (χ3n) is 0. The van der Waals surface area contributed by atoms with Crippen LogP contribution in [-0.2, 0) is 0 Å². The van der Waals surface area contributed by atoms with Gasteiger partial charge >= 0.3 is 0 Å². The molecule has 0 atom stereocenters. The summed E-state index contributed by atoms with van der Waals surface area (Å²) in [6.45, 7) is 0. The normalized spacial score (nSPS) is 1.17. The molecule has 0 saturated heterocycles. The van der Waals surface area contributed by atoms with Crippen molar-refractivity contribution in [2.24, 2.45) is 0 Å². The van der Waals surface area contributed by atoms with Crippen LogP contribution in [0.2, 0.25) is 4.24 Å². The van der Waals surface area contributed by atoms with E-state index in [1.165, 1.54) is 0 Å². The van der Waals surface area contributed by atoms with Crippen LogP contribution in [0.5, 0.6) is 0 Å². The Balaban J connectivity index is -0.000000000296. The molecule has 0 aromatic carbocycles. The van der Waals surface area contributed by atoms with E-state index in [0.717, 1.165) is 0 Å². The van der Waals surface area contributed by atoms with Crippen LogP contribution in [0.25, 0.3) is 0 Å². The predicted octanol–water partition coefficient (Wildman–Crippen LogP) is 10.0. The molecule has 9 N–H and O–H groups in total. The Bertz CT molecular complexity index is 24.1. The maximum atomic E-state index is 5.25. The lowest BCUT2D eigenvalue weighted by Gasteiger charge is -0.345. The van der Waals surface area contributed by atoms with Crippen molar-refractivity contribution < 1.29 is 4.24 Å². The average Bonchev–Trinajstić information content (AvgIpc) is 1.81. The van der Waals surface area contributed by atoms with Gasteiger partial charge < -0.3 is 18.4 Å². The van der Waals surface area contributed by atoms with Gasteiger partial charge in [0.25, 0.3) is 0 Å². The summed E-state index contributed by atoms with van der Waals surface area (Å²) in [6, 6.07) is 0. The van der Waals surface area contributed by atoms with E-state index in [0.29, 0.717) is 0 Å². The van der Waals surface area contributed by atoms with Crippen molar-refractivity contribution in [2.45, 2.75) is 111 Å². The summed E-state index contributed by atoms with van der Waals surface area (Å²) in [5, 5.41) is 0. The van der Waals surface area contributed by atoms with Gasteiger partial charge in [-0.05, 0) is 0 Å². The van der Waals surface area contributed by atoms with Gasteiger partial charge in [0.05, 0.1) is 0 Å². The molecule has 0 spiro atoms. The Labute approximate surface area is 135 Å². The van der Waals surface area contributed by atoms with Gasteiger partial charge in [-0.15, -0.1) is 0 Å². The van der Waals surface area contributed by atoms with E-state index in [4.69, 9.17) is 4.24 Å². The fourth-order valence-electron chi connectivity index (χ4n) is 0. The van der Waals surface area contributed by atoms with Gasteiger partial charge in [0, 0.05) is 0 Å². The molecule has 0 bridgehead atoms. The minimum Gasteiger partial charge on any atom is -0.344 e. The van der Waals surface area contributed by atoms with Crippen LogP contribution in [-0.4, -0.2) is 0 Å². The van der Waals surface area contributed by atoms with E-state index in [1.807, 2.05) is 0 Å². The molecule has 18 heavy (non-hydrogen) atoms. The number of rotatable bonds is 0. The number of hydrogen-bond donors (Lipinski definition) is 3. The van der Waals surface area contributed by atoms with Crippen LogP contribution in [0.1, 0.15) is 111 Å². The zero-order valence-corrected chi connectivity index (χ0v) is 1.73. The van der Waals surface area contributed by atoms with Crippen molar-refractivity contribution in [3.63, 3.8) is 0 Å². The Hall–Kier alpha value is -0.120. The Morgan fingerprint density at radius 2 is 0.222 bits per heavy atom. The summed E-state index contributed by atoms with van der Waals surface area (Å²) in [4.78, 5) is 0. The molecule has 0 aromatic rings. The van der Waals surface area contributed by atoms with Gasteiger partial charge in [-0.1, -0.05) is 111 Å². The molecule has 144 valence electrons. The van der Waals surface area contributed by atoms with Gasteiger partial charge in [0.15, 0.2) is 0 Å². The van der Waals surface area contributed by atoms with E-state index in [9.17, 15) is 0 Å². The van der Waals surface area contributed by atoms with Crippen LogP contribution < -0.4 is 18.4 Å². The quantitative estimate of drug-likeness (QED) is 0.413. The van der Waals surface area contributed by atoms with Crippen molar-refractivity contribution in [1.29, 1.82) is 0 Å². The molecule has 0 amide bonds. The van der Waals surface area contributed by atoms with Crippen molar-refractivity contribution >= 4 is 0 Å². The highest BCUT2D eigenvalue weighted by atomic mass is 14.0. The summed E-state index contributed by atoms with van der Waals surface area (Å²) >= 11 is 0. The summed E-state index contributed by atoms with van der Waals surface area (Å²) in [7, 11) is 0. The fourth-order valence-corrected chi connectivity index (χ4v) is 0. The first-order chi connectivity index (χ1) is 3.00. The molecule has 3 nitrogen and oxygen atoms in total. The van der Waals surface area contributed by atoms with Gasteiger partial charge in [-0.3, -0.25) is 0 Å². The molecule has 0 saturated carbocycles. The standard InChI is InChI=1S/15CH4.3H3N/h15*1H4;3*1H3/i/hD3. The Kier molecular flexibility index (Phi) is 10100000. The van der Waals surface area contributed by atoms with E-state index >= 15 is 0 Å². The van der Waals surface area contributed by atoms with Gasteiger partial charge in [0.2, 0.25) is 0 Å². The first kappa shape index (κ1) is 614. The van der Waals surface area contributed by atoms with Crippen molar-refractivity contribution in [1.82, 2.24) is 18.4 Å². The summed E-state index contributed by atoms with van der Waals surface area (Å²) < 4.78 is 15.8. The van der Waals surface area contributed by atoms with Crippen LogP contribution >= 0.6 is 0 Å². The molecule has 0 aromatic heterocycles. The van der Waals surface area contributed by atoms with Crippen LogP contribution in [0.3, 0.4) is 0 Å². The molecule has 0 rings (SSSR count). The zero-order valence-electron chi connectivity index (χ0n) is 4.73. The minimum atomic E-state index is 0. The van der Waals surface area contributed by atoms with Crippen molar-refractivity contribution in [2.75, 3.05) is 0 Å². The fraction of sp³-hybridized carbons (Fsp3) is 1.00. The summed E-state index contributed by atoms with van der Waals surface area (Å²) in [5.41, 5.74) is 0. The first-order valence-corrected chi connectivity index (χ1v) is 0. The molecule has 0 unspecified atom stereocenters. The molecule has 0 aliphatic heterocycles. The molecule has 0 aliphatic rings. The van der Waals surface area contributed by atoms with Crippen LogP contribution in [0.15, 0.2) is 0 Å². The monoisotopic (exact) mass is 295 g/mol. The second-order valence-electron chi connectivity index (χ2n) is 0. The molecule has 0 radical (unpaired) electrons. The average molecular weight is 295 g/mol. The highest BCUT2D eigenvalue weighted by Gasteiger charge is -0.0634. The number of hydrogen-bond acceptors (Lipinski definition) is 3. The van der Waals surface area contributed by atoms with E-state index < -0.39 is 0 Å². The second kappa shape index (κ2) is 296000. The van der Waals surface area contributed by atoms with Crippen molar-refractivity contribution in [3.05, 3.63) is 0 Å². The van der Waals surface area contributed by atoms with Gasteiger partial charge in [-0.2, -0.15) is 0 Å². The highest BCUT2D eigenvalue weighted by Crippen LogP contribution is 0.158. The van der Waals surface area contributed by atoms with Gasteiger partial charge in [-0.25, -0.2) is 0 Å². The maximum absolute atomic E-state index is 5.25. The molecular weight excluding hydrogens is 222 g/mol. The van der Waals surface area contributed by atoms with Crippen molar-refractivity contribution in [3.8, 4) is 0 Å². The molecule has 3 heteroatoms. The smallest absolute Gasteiger partial charge is 0.115 e. The lowest BCUT2D eigenvalue weighted by Crippen LogP contribution is -0.482. The minimum absolute atomic E-state index is 0. The largest absolute Gasteiger partial charge is 0.344 e. The van der Waals surface area contributed by atoms with Gasteiger partial charge in [0.1, 0.15) is 4.24 Å². The molecule has 0 heterocycles. The highest BCUT2D eigenvalue weighted by molar-refractivity contribution is 2.52. The SMILES string of the molecule is C.C.C.C.C.C.C.C.C.C.C.C.C.C.C.[2H]N.[2H]N.[2H]N. The maximum Gasteiger partial charge on any atom is 0.115 e. The van der Waals surface area contributed by atoms with Crippen LogP contribution in [0.4, 0.5) is 0 Å². The summed E-state index contributed by atoms with van der Waals surface area (Å²) in [5.74, 6) is 0. The van der Waals surface area contributed by atoms with Crippen LogP contribution in [0, 0.1) is 0 Å².